The molecule has 2 aromatic rings. The van der Waals surface area contributed by atoms with Gasteiger partial charge in [0.2, 0.25) is 0 Å². The first-order valence-electron chi connectivity index (χ1n) is 8.87. The quantitative estimate of drug-likeness (QED) is 0.835. The molecule has 5 nitrogen and oxygen atoms in total. The van der Waals surface area contributed by atoms with Crippen molar-refractivity contribution in [2.24, 2.45) is 0 Å². The van der Waals surface area contributed by atoms with E-state index >= 15 is 0 Å². The summed E-state index contributed by atoms with van der Waals surface area (Å²) in [5.74, 6) is 0.105. The molecule has 0 spiro atoms. The van der Waals surface area contributed by atoms with Crippen molar-refractivity contribution in [3.8, 4) is 5.75 Å². The largest absolute Gasteiger partial charge is 0.508 e. The van der Waals surface area contributed by atoms with Crippen LogP contribution in [0, 0.1) is 5.82 Å². The third kappa shape index (κ3) is 4.73. The molecule has 6 heteroatoms. The molecule has 1 fully saturated rings. The number of anilines is 1. The highest BCUT2D eigenvalue weighted by Crippen LogP contribution is 2.18. The number of halogens is 1. The maximum absolute atomic E-state index is 13.0. The summed E-state index contributed by atoms with van der Waals surface area (Å²) in [6, 6.07) is 13.5. The Morgan fingerprint density at radius 1 is 1.12 bits per heavy atom. The van der Waals surface area contributed by atoms with E-state index in [-0.39, 0.29) is 17.5 Å². The minimum absolute atomic E-state index is 0.0995. The maximum atomic E-state index is 13.0. The van der Waals surface area contributed by atoms with Crippen LogP contribution in [0.15, 0.2) is 48.5 Å². The lowest BCUT2D eigenvalue weighted by molar-refractivity contribution is -0.892. The maximum Gasteiger partial charge on any atom is 0.277 e. The second kappa shape index (κ2) is 8.19. The van der Waals surface area contributed by atoms with Gasteiger partial charge in [-0.1, -0.05) is 12.1 Å². The number of phenols is 1. The highest BCUT2D eigenvalue weighted by molar-refractivity contribution is 5.76. The third-order valence-corrected chi connectivity index (χ3v) is 4.85. The Kier molecular flexibility index (Phi) is 5.73. The molecule has 0 saturated carbocycles. The van der Waals surface area contributed by atoms with E-state index in [4.69, 9.17) is 0 Å². The molecule has 0 aromatic heterocycles. The van der Waals surface area contributed by atoms with Gasteiger partial charge in [0, 0.05) is 19.3 Å². The molecule has 2 N–H and O–H groups in total. The number of hydrogen-bond donors (Lipinski definition) is 2. The van der Waals surface area contributed by atoms with Gasteiger partial charge >= 0.3 is 0 Å². The molecule has 1 heterocycles. The molecule has 2 aromatic carbocycles. The van der Waals surface area contributed by atoms with Crippen LogP contribution in [0.5, 0.6) is 5.75 Å². The zero-order valence-electron chi connectivity index (χ0n) is 15.0. The van der Waals surface area contributed by atoms with E-state index in [1.165, 1.54) is 17.0 Å². The summed E-state index contributed by atoms with van der Waals surface area (Å²) < 4.78 is 13.0. The number of likely N-dealkylation sites (N-methyl/N-ethyl adjacent to an activating group) is 1. The van der Waals surface area contributed by atoms with Crippen molar-refractivity contribution in [2.45, 2.75) is 6.54 Å². The molecule has 0 radical (unpaired) electrons. The molecule has 1 aliphatic rings. The lowest BCUT2D eigenvalue weighted by Gasteiger charge is -2.34. The number of nitrogens with zero attached hydrogens (tertiary/aromatic N) is 2. The number of carbonyl (C=O) groups excluding carboxylic acids is 1. The third-order valence-electron chi connectivity index (χ3n) is 4.85. The first-order chi connectivity index (χ1) is 12.5. The fourth-order valence-electron chi connectivity index (χ4n) is 3.22. The van der Waals surface area contributed by atoms with Crippen LogP contribution < -0.4 is 9.80 Å². The smallest absolute Gasteiger partial charge is 0.277 e. The molecular weight excluding hydrogens is 333 g/mol. The van der Waals surface area contributed by atoms with Crippen LogP contribution in [0.4, 0.5) is 10.1 Å². The Balaban J connectivity index is 1.46. The number of hydrogen-bond acceptors (Lipinski definition) is 3. The number of benzene rings is 2. The Bertz CT molecular complexity index is 726. The average molecular weight is 358 g/mol. The van der Waals surface area contributed by atoms with E-state index in [0.717, 1.165) is 37.4 Å². The van der Waals surface area contributed by atoms with Crippen molar-refractivity contribution in [3.05, 3.63) is 59.9 Å². The number of piperazine rings is 1. The summed E-state index contributed by atoms with van der Waals surface area (Å²) in [7, 11) is 1.79. The summed E-state index contributed by atoms with van der Waals surface area (Å²) in [6.07, 6.45) is 0. The first-order valence-corrected chi connectivity index (χ1v) is 8.87. The zero-order chi connectivity index (χ0) is 18.5. The van der Waals surface area contributed by atoms with E-state index in [2.05, 4.69) is 4.90 Å². The van der Waals surface area contributed by atoms with E-state index in [0.29, 0.717) is 13.1 Å². The highest BCUT2D eigenvalue weighted by Gasteiger charge is 2.23. The lowest BCUT2D eigenvalue weighted by atomic mass is 10.2. The number of quaternary nitrogens is 1. The minimum Gasteiger partial charge on any atom is -0.508 e. The van der Waals surface area contributed by atoms with Crippen molar-refractivity contribution < 1.29 is 19.2 Å². The Morgan fingerprint density at radius 3 is 2.35 bits per heavy atom. The van der Waals surface area contributed by atoms with Crippen LogP contribution in [-0.2, 0) is 11.3 Å². The number of nitrogens with one attached hydrogen (secondary N) is 1. The lowest BCUT2D eigenvalue weighted by Crippen LogP contribution is -3.15. The molecular formula is C20H25FN3O2+. The fourth-order valence-corrected chi connectivity index (χ4v) is 3.22. The van der Waals surface area contributed by atoms with Gasteiger partial charge < -0.3 is 19.8 Å². The Labute approximate surface area is 153 Å². The first kappa shape index (κ1) is 18.2. The molecule has 0 bridgehead atoms. The fraction of sp³-hybridized carbons (Fsp3) is 0.350. The summed E-state index contributed by atoms with van der Waals surface area (Å²) in [5.41, 5.74) is 2.02. The zero-order valence-corrected chi connectivity index (χ0v) is 15.0. The summed E-state index contributed by atoms with van der Waals surface area (Å²) in [4.78, 5) is 17.7. The van der Waals surface area contributed by atoms with E-state index in [9.17, 15) is 14.3 Å². The van der Waals surface area contributed by atoms with Crippen LogP contribution in [0.2, 0.25) is 0 Å². The van der Waals surface area contributed by atoms with Crippen LogP contribution in [0.25, 0.3) is 0 Å². The highest BCUT2D eigenvalue weighted by atomic mass is 19.1. The molecule has 0 atom stereocenters. The van der Waals surface area contributed by atoms with Gasteiger partial charge in [0.1, 0.15) is 11.6 Å². The van der Waals surface area contributed by atoms with Gasteiger partial charge in [-0.2, -0.15) is 0 Å². The predicted octanol–water partition coefficient (Wildman–Crippen LogP) is 0.895. The molecule has 1 aliphatic heterocycles. The number of amides is 1. The number of carbonyl (C=O) groups is 1. The van der Waals surface area contributed by atoms with Gasteiger partial charge in [-0.05, 0) is 42.0 Å². The number of aromatic hydroxyl groups is 1. The van der Waals surface area contributed by atoms with Crippen molar-refractivity contribution >= 4 is 11.6 Å². The molecule has 3 rings (SSSR count). The molecule has 0 unspecified atom stereocenters. The average Bonchev–Trinajstić information content (AvgIpc) is 2.65. The molecule has 1 saturated heterocycles. The van der Waals surface area contributed by atoms with Crippen molar-refractivity contribution in [1.82, 2.24) is 4.90 Å². The van der Waals surface area contributed by atoms with Gasteiger partial charge in [-0.25, -0.2) is 4.39 Å². The van der Waals surface area contributed by atoms with Crippen LogP contribution in [0.3, 0.4) is 0 Å². The Morgan fingerprint density at radius 2 is 1.73 bits per heavy atom. The van der Waals surface area contributed by atoms with Gasteiger partial charge in [0.25, 0.3) is 5.91 Å². The minimum atomic E-state index is -0.265. The SMILES string of the molecule is CN(Cc1ccc(F)cc1)C(=O)C[NH+]1CCN(c2ccc(O)cc2)CC1. The summed E-state index contributed by atoms with van der Waals surface area (Å²) in [6.45, 7) is 4.53. The van der Waals surface area contributed by atoms with E-state index in [1.807, 2.05) is 12.1 Å². The molecule has 1 amide bonds. The standard InChI is InChI=1S/C20H24FN3O2/c1-22(14-16-2-4-17(21)5-3-16)20(26)15-23-10-12-24(13-11-23)18-6-8-19(25)9-7-18/h2-9,25H,10-15H2,1H3/p+1. The number of phenolic OH excluding ortho intramolecular Hbond substituents is 1. The predicted molar refractivity (Wildman–Crippen MR) is 98.8 cm³/mol. The molecule has 26 heavy (non-hydrogen) atoms. The summed E-state index contributed by atoms with van der Waals surface area (Å²) in [5, 5.41) is 9.38. The second-order valence-corrected chi connectivity index (χ2v) is 6.81. The second-order valence-electron chi connectivity index (χ2n) is 6.81. The monoisotopic (exact) mass is 358 g/mol. The van der Waals surface area contributed by atoms with E-state index < -0.39 is 0 Å². The van der Waals surface area contributed by atoms with Crippen LogP contribution in [0.1, 0.15) is 5.56 Å². The molecule has 0 aliphatic carbocycles. The van der Waals surface area contributed by atoms with Gasteiger partial charge in [0.15, 0.2) is 6.54 Å². The van der Waals surface area contributed by atoms with Crippen LogP contribution in [-0.4, -0.2) is 55.7 Å². The van der Waals surface area contributed by atoms with Gasteiger partial charge in [-0.15, -0.1) is 0 Å². The normalized spacial score (nSPS) is 15.1. The van der Waals surface area contributed by atoms with E-state index in [1.54, 1.807) is 36.2 Å². The summed E-state index contributed by atoms with van der Waals surface area (Å²) >= 11 is 0. The van der Waals surface area contributed by atoms with Crippen molar-refractivity contribution in [2.75, 3.05) is 44.7 Å². The van der Waals surface area contributed by atoms with Crippen LogP contribution >= 0.6 is 0 Å². The van der Waals surface area contributed by atoms with Crippen molar-refractivity contribution in [1.29, 1.82) is 0 Å². The molecule has 138 valence electrons. The topological polar surface area (TPSA) is 48.2 Å². The van der Waals surface area contributed by atoms with Gasteiger partial charge in [-0.3, -0.25) is 4.79 Å². The Hall–Kier alpha value is -2.60. The van der Waals surface area contributed by atoms with Gasteiger partial charge in [0.05, 0.1) is 26.2 Å². The number of rotatable bonds is 5. The van der Waals surface area contributed by atoms with Crippen molar-refractivity contribution in [3.63, 3.8) is 0 Å².